The summed E-state index contributed by atoms with van der Waals surface area (Å²) in [4.78, 5) is 2.60. The molecule has 1 aromatic heterocycles. The van der Waals surface area contributed by atoms with E-state index in [9.17, 15) is 10.2 Å². The van der Waals surface area contributed by atoms with Crippen LogP contribution in [0.1, 0.15) is 22.3 Å². The van der Waals surface area contributed by atoms with E-state index in [1.165, 1.54) is 0 Å². The minimum Gasteiger partial charge on any atom is -0.494 e. The molecule has 3 N–H and O–H groups in total. The second kappa shape index (κ2) is 6.58. The molecule has 0 radical (unpaired) electrons. The fourth-order valence-electron chi connectivity index (χ4n) is 3.42. The summed E-state index contributed by atoms with van der Waals surface area (Å²) in [6, 6.07) is 12.9. The summed E-state index contributed by atoms with van der Waals surface area (Å²) in [7, 11) is 0. The fourth-order valence-corrected chi connectivity index (χ4v) is 4.06. The second-order valence-electron chi connectivity index (χ2n) is 6.22. The van der Waals surface area contributed by atoms with Crippen LogP contribution in [0.4, 0.5) is 0 Å². The number of aromatic nitrogens is 1. The molecular weight excluding hydrogens is 393 g/mol. The summed E-state index contributed by atoms with van der Waals surface area (Å²) in [5, 5.41) is 22.0. The Labute approximate surface area is 165 Å². The highest BCUT2D eigenvalue weighted by Gasteiger charge is 2.28. The maximum atomic E-state index is 10.1. The first-order valence-corrected chi connectivity index (χ1v) is 9.12. The predicted octanol–water partition coefficient (Wildman–Crippen LogP) is 6.10. The van der Waals surface area contributed by atoms with Crippen molar-refractivity contribution in [3.05, 3.63) is 79.8 Å². The quantitative estimate of drug-likeness (QED) is 0.482. The van der Waals surface area contributed by atoms with Crippen LogP contribution in [0.2, 0.25) is 15.1 Å². The molecule has 1 heterocycles. The Balaban J connectivity index is 1.93. The number of nitrogens with one attached hydrogen (secondary N) is 1. The highest BCUT2D eigenvalue weighted by Crippen LogP contribution is 2.45. The molecule has 0 aliphatic heterocycles. The van der Waals surface area contributed by atoms with Crippen LogP contribution in [0, 0.1) is 0 Å². The van der Waals surface area contributed by atoms with Crippen molar-refractivity contribution >= 4 is 45.9 Å². The molecule has 3 aromatic rings. The topological polar surface area (TPSA) is 56.2 Å². The first-order chi connectivity index (χ1) is 12.4. The van der Waals surface area contributed by atoms with Crippen LogP contribution in [0.25, 0.3) is 11.1 Å². The van der Waals surface area contributed by atoms with Crippen LogP contribution in [0.15, 0.2) is 42.5 Å². The van der Waals surface area contributed by atoms with E-state index in [0.717, 1.165) is 22.3 Å². The minimum atomic E-state index is -0.0183. The van der Waals surface area contributed by atoms with Crippen LogP contribution in [0.3, 0.4) is 0 Å². The first-order valence-electron chi connectivity index (χ1n) is 7.99. The van der Waals surface area contributed by atoms with Crippen molar-refractivity contribution in [3.8, 4) is 11.8 Å². The molecule has 6 heteroatoms. The number of H-pyrrole nitrogens is 1. The molecule has 0 saturated heterocycles. The Bertz CT molecular complexity index is 1040. The molecule has 4 rings (SSSR count). The van der Waals surface area contributed by atoms with Gasteiger partial charge in [-0.25, -0.2) is 0 Å². The van der Waals surface area contributed by atoms with Gasteiger partial charge in [0.15, 0.2) is 11.8 Å². The number of hydrogen-bond donors (Lipinski definition) is 3. The first kappa shape index (κ1) is 17.3. The monoisotopic (exact) mass is 405 g/mol. The Hall–Kier alpha value is -2.07. The summed E-state index contributed by atoms with van der Waals surface area (Å²) >= 11 is 18.5. The van der Waals surface area contributed by atoms with Gasteiger partial charge < -0.3 is 10.2 Å². The van der Waals surface area contributed by atoms with Gasteiger partial charge in [0.25, 0.3) is 0 Å². The summed E-state index contributed by atoms with van der Waals surface area (Å²) < 4.78 is 0. The van der Waals surface area contributed by atoms with Gasteiger partial charge >= 0.3 is 0 Å². The summed E-state index contributed by atoms with van der Waals surface area (Å²) in [6.07, 6.45) is 0.908. The number of aromatic amines is 1. The normalized spacial score (nSPS) is 13.8. The van der Waals surface area contributed by atoms with Crippen LogP contribution >= 0.6 is 34.8 Å². The van der Waals surface area contributed by atoms with Crippen LogP contribution in [-0.2, 0) is 12.8 Å². The van der Waals surface area contributed by atoms with Gasteiger partial charge in [0.1, 0.15) is 0 Å². The summed E-state index contributed by atoms with van der Waals surface area (Å²) in [5.41, 5.74) is 5.22. The van der Waals surface area contributed by atoms with Crippen molar-refractivity contribution < 1.29 is 10.2 Å². The lowest BCUT2D eigenvalue weighted by Crippen LogP contribution is -2.07. The van der Waals surface area contributed by atoms with Gasteiger partial charge in [-0.05, 0) is 46.5 Å². The van der Waals surface area contributed by atoms with Gasteiger partial charge in [-0.3, -0.25) is 4.98 Å². The largest absolute Gasteiger partial charge is 0.494 e. The third-order valence-corrected chi connectivity index (χ3v) is 5.49. The molecule has 3 nitrogen and oxygen atoms in total. The SMILES string of the molecule is Oc1[nH]c(O)c2c1CC(c1ccc(Cl)cc1)=C(c1ccc(Cl)cc1Cl)C2. The lowest BCUT2D eigenvalue weighted by atomic mass is 9.81. The lowest BCUT2D eigenvalue weighted by Gasteiger charge is -2.23. The van der Waals surface area contributed by atoms with Gasteiger partial charge in [-0.15, -0.1) is 0 Å². The molecule has 26 heavy (non-hydrogen) atoms. The van der Waals surface area contributed by atoms with E-state index in [4.69, 9.17) is 34.8 Å². The lowest BCUT2D eigenvalue weighted by molar-refractivity contribution is 0.422. The van der Waals surface area contributed by atoms with E-state index in [2.05, 4.69) is 4.98 Å². The van der Waals surface area contributed by atoms with Crippen molar-refractivity contribution in [2.24, 2.45) is 0 Å². The van der Waals surface area contributed by atoms with Crippen molar-refractivity contribution in [2.75, 3.05) is 0 Å². The zero-order chi connectivity index (χ0) is 18.4. The highest BCUT2D eigenvalue weighted by atomic mass is 35.5. The molecule has 0 unspecified atom stereocenters. The molecule has 0 amide bonds. The Morgan fingerprint density at radius 1 is 0.731 bits per heavy atom. The van der Waals surface area contributed by atoms with Gasteiger partial charge in [0, 0.05) is 39.0 Å². The highest BCUT2D eigenvalue weighted by molar-refractivity contribution is 6.36. The zero-order valence-corrected chi connectivity index (χ0v) is 15.8. The standard InChI is InChI=1S/C20H14Cl3NO2/c21-11-3-1-10(2-4-11)14-8-16-17(20(26)24-19(16)25)9-15(14)13-6-5-12(22)7-18(13)23/h1-7,24-26H,8-9H2. The molecule has 0 saturated carbocycles. The Morgan fingerprint density at radius 2 is 1.31 bits per heavy atom. The van der Waals surface area contributed by atoms with E-state index in [1.54, 1.807) is 12.1 Å². The van der Waals surface area contributed by atoms with E-state index < -0.39 is 0 Å². The number of hydrogen-bond acceptors (Lipinski definition) is 2. The molecule has 1 aliphatic carbocycles. The molecular formula is C20H14Cl3NO2. The average Bonchev–Trinajstić information content (AvgIpc) is 2.88. The number of allylic oxidation sites excluding steroid dienone is 2. The summed E-state index contributed by atoms with van der Waals surface area (Å²) in [6.45, 7) is 0. The maximum absolute atomic E-state index is 10.1. The van der Waals surface area contributed by atoms with Crippen LogP contribution < -0.4 is 0 Å². The van der Waals surface area contributed by atoms with Crippen LogP contribution in [0.5, 0.6) is 11.8 Å². The predicted molar refractivity (Wildman–Crippen MR) is 106 cm³/mol. The number of halogens is 3. The number of benzene rings is 2. The van der Waals surface area contributed by atoms with Crippen molar-refractivity contribution in [2.45, 2.75) is 12.8 Å². The van der Waals surface area contributed by atoms with Crippen LogP contribution in [-0.4, -0.2) is 15.2 Å². The van der Waals surface area contributed by atoms with Crippen molar-refractivity contribution in [3.63, 3.8) is 0 Å². The number of fused-ring (bicyclic) bond motifs is 1. The van der Waals surface area contributed by atoms with Gasteiger partial charge in [-0.2, -0.15) is 0 Å². The van der Waals surface area contributed by atoms with Crippen molar-refractivity contribution in [1.29, 1.82) is 0 Å². The fraction of sp³-hybridized carbons (Fsp3) is 0.100. The number of rotatable bonds is 2. The van der Waals surface area contributed by atoms with E-state index in [0.29, 0.717) is 39.0 Å². The molecule has 0 fully saturated rings. The molecule has 0 spiro atoms. The minimum absolute atomic E-state index is 0.00906. The smallest absolute Gasteiger partial charge is 0.195 e. The van der Waals surface area contributed by atoms with Gasteiger partial charge in [0.05, 0.1) is 0 Å². The average molecular weight is 407 g/mol. The summed E-state index contributed by atoms with van der Waals surface area (Å²) in [5.74, 6) is -0.0274. The number of aromatic hydroxyl groups is 2. The van der Waals surface area contributed by atoms with E-state index in [-0.39, 0.29) is 11.8 Å². The molecule has 132 valence electrons. The Morgan fingerprint density at radius 3 is 1.92 bits per heavy atom. The van der Waals surface area contributed by atoms with Gasteiger partial charge in [0.2, 0.25) is 0 Å². The third-order valence-electron chi connectivity index (χ3n) is 4.69. The van der Waals surface area contributed by atoms with Crippen molar-refractivity contribution in [1.82, 2.24) is 4.98 Å². The molecule has 0 bridgehead atoms. The third kappa shape index (κ3) is 2.96. The maximum Gasteiger partial charge on any atom is 0.195 e. The second-order valence-corrected chi connectivity index (χ2v) is 7.50. The van der Waals surface area contributed by atoms with E-state index in [1.807, 2.05) is 30.3 Å². The molecule has 1 aliphatic rings. The van der Waals surface area contributed by atoms with Gasteiger partial charge in [-0.1, -0.05) is 53.0 Å². The molecule has 2 aromatic carbocycles. The van der Waals surface area contributed by atoms with E-state index >= 15 is 0 Å². The molecule has 0 atom stereocenters. The zero-order valence-electron chi connectivity index (χ0n) is 13.5. The Kier molecular flexibility index (Phi) is 4.39.